The number of hydrogen-bond acceptors (Lipinski definition) is 5. The van der Waals surface area contributed by atoms with E-state index in [4.69, 9.17) is 20.9 Å². The summed E-state index contributed by atoms with van der Waals surface area (Å²) < 4.78 is 10.3. The first-order valence-electron chi connectivity index (χ1n) is 6.52. The maximum Gasteiger partial charge on any atom is 0.341 e. The summed E-state index contributed by atoms with van der Waals surface area (Å²) >= 11 is 5.84. The number of hydrogen-bond donors (Lipinski definition) is 0. The fourth-order valence-corrected chi connectivity index (χ4v) is 2.08. The maximum absolute atomic E-state index is 11.9. The summed E-state index contributed by atoms with van der Waals surface area (Å²) in [6, 6.07) is 14.5. The molecule has 0 unspecified atom stereocenters. The monoisotopic (exact) mass is 314 g/mol. The van der Waals surface area contributed by atoms with Crippen molar-refractivity contribution in [2.24, 2.45) is 0 Å². The minimum atomic E-state index is -0.559. The lowest BCUT2D eigenvalue weighted by Crippen LogP contribution is -2.06. The molecule has 3 rings (SSSR count). The van der Waals surface area contributed by atoms with E-state index in [1.165, 1.54) is 6.20 Å². The summed E-state index contributed by atoms with van der Waals surface area (Å²) in [5, 5.41) is 4.06. The second-order valence-electron chi connectivity index (χ2n) is 4.46. The van der Waals surface area contributed by atoms with Crippen molar-refractivity contribution in [1.82, 2.24) is 10.1 Å². The van der Waals surface area contributed by atoms with Crippen molar-refractivity contribution >= 4 is 17.6 Å². The van der Waals surface area contributed by atoms with Crippen LogP contribution in [0, 0.1) is 0 Å². The summed E-state index contributed by atoms with van der Waals surface area (Å²) in [5.41, 5.74) is 1.83. The van der Waals surface area contributed by atoms with Crippen LogP contribution < -0.4 is 0 Å². The van der Waals surface area contributed by atoms with Crippen LogP contribution in [0.2, 0.25) is 5.15 Å². The van der Waals surface area contributed by atoms with Crippen LogP contribution in [0.25, 0.3) is 11.3 Å². The van der Waals surface area contributed by atoms with Gasteiger partial charge in [0.05, 0.1) is 5.56 Å². The van der Waals surface area contributed by atoms with Crippen molar-refractivity contribution in [3.8, 4) is 11.3 Å². The third-order valence-corrected chi connectivity index (χ3v) is 3.25. The van der Waals surface area contributed by atoms with Crippen molar-refractivity contribution in [1.29, 1.82) is 0 Å². The lowest BCUT2D eigenvalue weighted by atomic mass is 10.1. The van der Waals surface area contributed by atoms with Gasteiger partial charge in [-0.15, -0.1) is 0 Å². The van der Waals surface area contributed by atoms with Gasteiger partial charge in [0.25, 0.3) is 0 Å². The average molecular weight is 315 g/mol. The Morgan fingerprint density at radius 3 is 2.77 bits per heavy atom. The largest absolute Gasteiger partial charge is 0.454 e. The van der Waals surface area contributed by atoms with Crippen LogP contribution in [-0.2, 0) is 11.3 Å². The number of nitrogens with zero attached hydrogens (tertiary/aromatic N) is 2. The van der Waals surface area contributed by atoms with Crippen LogP contribution in [0.15, 0.2) is 59.3 Å². The van der Waals surface area contributed by atoms with Crippen LogP contribution in [0.1, 0.15) is 16.1 Å². The van der Waals surface area contributed by atoms with Crippen LogP contribution >= 0.6 is 11.6 Å². The van der Waals surface area contributed by atoms with Gasteiger partial charge in [0.2, 0.25) is 0 Å². The minimum absolute atomic E-state index is 0.0239. The molecule has 0 saturated carbocycles. The number of carbonyl (C=O) groups is 1. The standard InChI is InChI=1S/C16H11ClN2O3/c17-15-13(7-4-8-18-15)16(20)21-10-12-9-14(19-22-12)11-5-2-1-3-6-11/h1-9H,10H2. The zero-order valence-corrected chi connectivity index (χ0v) is 12.2. The number of esters is 1. The van der Waals surface area contributed by atoms with Crippen LogP contribution in [0.4, 0.5) is 0 Å². The summed E-state index contributed by atoms with van der Waals surface area (Å²) in [7, 11) is 0. The molecule has 2 heterocycles. The molecular weight excluding hydrogens is 304 g/mol. The molecule has 0 saturated heterocycles. The van der Waals surface area contributed by atoms with Gasteiger partial charge in [-0.3, -0.25) is 0 Å². The molecule has 0 aliphatic rings. The van der Waals surface area contributed by atoms with Crippen LogP contribution in [0.5, 0.6) is 0 Å². The predicted octanol–water partition coefficient (Wildman–Crippen LogP) is 3.75. The van der Waals surface area contributed by atoms with Crippen molar-refractivity contribution in [2.45, 2.75) is 6.61 Å². The molecule has 22 heavy (non-hydrogen) atoms. The van der Waals surface area contributed by atoms with Gasteiger partial charge in [-0.05, 0) is 12.1 Å². The van der Waals surface area contributed by atoms with Crippen molar-refractivity contribution < 1.29 is 14.1 Å². The number of benzene rings is 1. The molecule has 0 aliphatic carbocycles. The molecular formula is C16H11ClN2O3. The molecule has 0 atom stereocenters. The van der Waals surface area contributed by atoms with Gasteiger partial charge in [0.1, 0.15) is 10.8 Å². The Morgan fingerprint density at radius 1 is 1.18 bits per heavy atom. The van der Waals surface area contributed by atoms with Gasteiger partial charge in [-0.1, -0.05) is 47.1 Å². The molecule has 0 radical (unpaired) electrons. The minimum Gasteiger partial charge on any atom is -0.454 e. The Kier molecular flexibility index (Phi) is 4.16. The third kappa shape index (κ3) is 3.15. The molecule has 2 aromatic heterocycles. The molecule has 0 amide bonds. The predicted molar refractivity (Wildman–Crippen MR) is 80.3 cm³/mol. The summed E-state index contributed by atoms with van der Waals surface area (Å²) in [4.78, 5) is 15.7. The van der Waals surface area contributed by atoms with Gasteiger partial charge < -0.3 is 9.26 Å². The Balaban J connectivity index is 1.67. The number of carbonyl (C=O) groups excluding carboxylic acids is 1. The van der Waals surface area contributed by atoms with E-state index in [9.17, 15) is 4.79 Å². The van der Waals surface area contributed by atoms with E-state index >= 15 is 0 Å². The van der Waals surface area contributed by atoms with Crippen LogP contribution in [-0.4, -0.2) is 16.1 Å². The summed E-state index contributed by atoms with van der Waals surface area (Å²) in [6.45, 7) is -0.0239. The zero-order chi connectivity index (χ0) is 15.4. The van der Waals surface area contributed by atoms with Gasteiger partial charge in [0.15, 0.2) is 12.4 Å². The molecule has 1 aromatic carbocycles. The second-order valence-corrected chi connectivity index (χ2v) is 4.82. The number of halogens is 1. The highest BCUT2D eigenvalue weighted by molar-refractivity contribution is 6.32. The highest BCUT2D eigenvalue weighted by Gasteiger charge is 2.14. The van der Waals surface area contributed by atoms with Gasteiger partial charge in [-0.2, -0.15) is 0 Å². The Hall–Kier alpha value is -2.66. The van der Waals surface area contributed by atoms with E-state index < -0.39 is 5.97 Å². The molecule has 0 spiro atoms. The molecule has 0 aliphatic heterocycles. The highest BCUT2D eigenvalue weighted by atomic mass is 35.5. The van der Waals surface area contributed by atoms with E-state index in [0.717, 1.165) is 5.56 Å². The van der Waals surface area contributed by atoms with Crippen molar-refractivity contribution in [2.75, 3.05) is 0 Å². The molecule has 3 aromatic rings. The summed E-state index contributed by atoms with van der Waals surface area (Å²) in [5.74, 6) is -0.108. The first-order valence-corrected chi connectivity index (χ1v) is 6.90. The number of aromatic nitrogens is 2. The van der Waals surface area contributed by atoms with Crippen molar-refractivity contribution in [3.05, 3.63) is 71.2 Å². The van der Waals surface area contributed by atoms with Gasteiger partial charge >= 0.3 is 5.97 Å². The summed E-state index contributed by atoms with van der Waals surface area (Å²) in [6.07, 6.45) is 1.50. The first-order chi connectivity index (χ1) is 10.7. The van der Waals surface area contributed by atoms with Crippen LogP contribution in [0.3, 0.4) is 0 Å². The normalized spacial score (nSPS) is 10.4. The molecule has 110 valence electrons. The highest BCUT2D eigenvalue weighted by Crippen LogP contribution is 2.19. The fraction of sp³-hybridized carbons (Fsp3) is 0.0625. The van der Waals surface area contributed by atoms with E-state index in [1.54, 1.807) is 18.2 Å². The van der Waals surface area contributed by atoms with Gasteiger partial charge in [-0.25, -0.2) is 9.78 Å². The SMILES string of the molecule is O=C(OCc1cc(-c2ccccc2)no1)c1cccnc1Cl. The lowest BCUT2D eigenvalue weighted by molar-refractivity contribution is 0.0437. The number of ether oxygens (including phenoxy) is 1. The van der Waals surface area contributed by atoms with E-state index in [-0.39, 0.29) is 17.3 Å². The second kappa shape index (κ2) is 6.41. The van der Waals surface area contributed by atoms with E-state index in [2.05, 4.69) is 10.1 Å². The maximum atomic E-state index is 11.9. The van der Waals surface area contributed by atoms with Crippen molar-refractivity contribution in [3.63, 3.8) is 0 Å². The fourth-order valence-electron chi connectivity index (χ4n) is 1.88. The van der Waals surface area contributed by atoms with E-state index in [1.807, 2.05) is 30.3 Å². The molecule has 0 bridgehead atoms. The average Bonchev–Trinajstić information content (AvgIpc) is 3.03. The third-order valence-electron chi connectivity index (χ3n) is 2.95. The first kappa shape index (κ1) is 14.3. The Morgan fingerprint density at radius 2 is 2.00 bits per heavy atom. The van der Waals surface area contributed by atoms with Gasteiger partial charge in [0, 0.05) is 17.8 Å². The zero-order valence-electron chi connectivity index (χ0n) is 11.4. The topological polar surface area (TPSA) is 65.2 Å². The molecule has 0 fully saturated rings. The number of pyridine rings is 1. The quantitative estimate of drug-likeness (QED) is 0.542. The lowest BCUT2D eigenvalue weighted by Gasteiger charge is -2.02. The smallest absolute Gasteiger partial charge is 0.341 e. The Labute approximate surface area is 131 Å². The molecule has 0 N–H and O–H groups in total. The van der Waals surface area contributed by atoms with E-state index in [0.29, 0.717) is 11.5 Å². The molecule has 6 heteroatoms. The number of rotatable bonds is 4. The molecule has 5 nitrogen and oxygen atoms in total. The Bertz CT molecular complexity index is 787.